The molecule has 2 N–H and O–H groups in total. The lowest BCUT2D eigenvalue weighted by Crippen LogP contribution is -2.23. The summed E-state index contributed by atoms with van der Waals surface area (Å²) in [5.41, 5.74) is 8.48. The topological polar surface area (TPSA) is 26.0 Å². The molecule has 0 heterocycles. The molecule has 2 unspecified atom stereocenters. The Morgan fingerprint density at radius 3 is 2.55 bits per heavy atom. The van der Waals surface area contributed by atoms with Crippen molar-refractivity contribution >= 4 is 0 Å². The number of benzene rings is 2. The molecule has 2 aromatic rings. The van der Waals surface area contributed by atoms with Crippen LogP contribution in [0, 0.1) is 17.5 Å². The Balaban J connectivity index is 1.79. The second-order valence-electron chi connectivity index (χ2n) is 5.21. The highest BCUT2D eigenvalue weighted by molar-refractivity contribution is 5.40. The van der Waals surface area contributed by atoms with Gasteiger partial charge in [0.25, 0.3) is 0 Å². The molecule has 4 heteroatoms. The van der Waals surface area contributed by atoms with Crippen LogP contribution >= 0.6 is 0 Å². The Bertz CT molecular complexity index is 654. The van der Waals surface area contributed by atoms with Crippen LogP contribution in [0.25, 0.3) is 0 Å². The molecule has 0 radical (unpaired) electrons. The molecule has 3 rings (SSSR count). The molecule has 2 aromatic carbocycles. The minimum atomic E-state index is -1.45. The number of nitrogens with two attached hydrogens (primary N) is 1. The summed E-state index contributed by atoms with van der Waals surface area (Å²) >= 11 is 0. The third-order valence-electron chi connectivity index (χ3n) is 3.96. The molecule has 2 atom stereocenters. The highest BCUT2D eigenvalue weighted by atomic mass is 19.2. The van der Waals surface area contributed by atoms with Crippen molar-refractivity contribution < 1.29 is 13.2 Å². The summed E-state index contributed by atoms with van der Waals surface area (Å²) in [5, 5.41) is 0. The van der Waals surface area contributed by atoms with Crippen LogP contribution in [-0.4, -0.2) is 0 Å². The van der Waals surface area contributed by atoms with Crippen LogP contribution in [0.1, 0.15) is 35.1 Å². The first-order valence-corrected chi connectivity index (χ1v) is 6.54. The maximum atomic E-state index is 13.7. The van der Waals surface area contributed by atoms with Crippen molar-refractivity contribution in [3.8, 4) is 0 Å². The van der Waals surface area contributed by atoms with Gasteiger partial charge in [-0.1, -0.05) is 30.3 Å². The summed E-state index contributed by atoms with van der Waals surface area (Å²) in [6.45, 7) is 0. The maximum Gasteiger partial charge on any atom is 0.194 e. The lowest BCUT2D eigenvalue weighted by molar-refractivity contribution is 0.424. The van der Waals surface area contributed by atoms with Crippen molar-refractivity contribution in [1.82, 2.24) is 0 Å². The van der Waals surface area contributed by atoms with E-state index in [4.69, 9.17) is 5.73 Å². The van der Waals surface area contributed by atoms with E-state index in [1.807, 2.05) is 18.2 Å². The average molecular weight is 277 g/mol. The number of rotatable bonds is 3. The molecule has 0 saturated heterocycles. The quantitative estimate of drug-likeness (QED) is 0.848. The van der Waals surface area contributed by atoms with Gasteiger partial charge in [0.05, 0.1) is 0 Å². The largest absolute Gasteiger partial charge is 0.324 e. The van der Waals surface area contributed by atoms with Gasteiger partial charge in [0, 0.05) is 11.6 Å². The van der Waals surface area contributed by atoms with E-state index in [0.717, 1.165) is 12.5 Å². The predicted octanol–water partition coefficient (Wildman–Crippen LogP) is 3.83. The van der Waals surface area contributed by atoms with Gasteiger partial charge in [0.1, 0.15) is 0 Å². The van der Waals surface area contributed by atoms with Crippen molar-refractivity contribution in [2.45, 2.75) is 24.8 Å². The first-order chi connectivity index (χ1) is 9.58. The summed E-state index contributed by atoms with van der Waals surface area (Å²) in [6, 6.07) is 9.51. The van der Waals surface area contributed by atoms with Crippen molar-refractivity contribution in [2.24, 2.45) is 5.73 Å². The number of hydrogen-bond acceptors (Lipinski definition) is 1. The minimum Gasteiger partial charge on any atom is -0.324 e. The van der Waals surface area contributed by atoms with E-state index in [-0.39, 0.29) is 11.5 Å². The standard InChI is InChI=1S/C16H14F3N/c17-13-6-5-12(15(18)16(13)19)14(20)8-10-7-9-3-1-2-4-11(9)10/h1-6,10,14H,7-8,20H2. The Morgan fingerprint density at radius 1 is 1.05 bits per heavy atom. The normalized spacial score (nSPS) is 18.3. The monoisotopic (exact) mass is 277 g/mol. The van der Waals surface area contributed by atoms with E-state index in [2.05, 4.69) is 6.07 Å². The lowest BCUT2D eigenvalue weighted by Gasteiger charge is -2.32. The van der Waals surface area contributed by atoms with Crippen LogP contribution in [0.4, 0.5) is 13.2 Å². The average Bonchev–Trinajstić information content (AvgIpc) is 2.42. The third-order valence-corrected chi connectivity index (χ3v) is 3.96. The highest BCUT2D eigenvalue weighted by Gasteiger charge is 2.29. The summed E-state index contributed by atoms with van der Waals surface area (Å²) in [6.07, 6.45) is 1.42. The van der Waals surface area contributed by atoms with Gasteiger partial charge in [0.2, 0.25) is 0 Å². The first kappa shape index (κ1) is 13.2. The predicted molar refractivity (Wildman–Crippen MR) is 70.7 cm³/mol. The van der Waals surface area contributed by atoms with Gasteiger partial charge in [0.15, 0.2) is 17.5 Å². The molecule has 1 nitrogen and oxygen atoms in total. The number of fused-ring (bicyclic) bond motifs is 1. The highest BCUT2D eigenvalue weighted by Crippen LogP contribution is 2.40. The number of hydrogen-bond donors (Lipinski definition) is 1. The molecule has 0 spiro atoms. The Labute approximate surface area is 115 Å². The van der Waals surface area contributed by atoms with Gasteiger partial charge < -0.3 is 5.73 Å². The number of halogens is 3. The fourth-order valence-corrected chi connectivity index (χ4v) is 2.83. The molecule has 0 fully saturated rings. The molecular formula is C16H14F3N. The van der Waals surface area contributed by atoms with Crippen LogP contribution < -0.4 is 5.73 Å². The van der Waals surface area contributed by atoms with E-state index >= 15 is 0 Å². The summed E-state index contributed by atoms with van der Waals surface area (Å²) in [4.78, 5) is 0. The SMILES string of the molecule is NC(CC1Cc2ccccc21)c1ccc(F)c(F)c1F. The summed E-state index contributed by atoms with van der Waals surface area (Å²) in [7, 11) is 0. The van der Waals surface area contributed by atoms with E-state index in [0.29, 0.717) is 6.42 Å². The molecule has 0 bridgehead atoms. The molecule has 0 aliphatic heterocycles. The maximum absolute atomic E-state index is 13.7. The fraction of sp³-hybridized carbons (Fsp3) is 0.250. The van der Waals surface area contributed by atoms with E-state index in [1.165, 1.54) is 17.2 Å². The zero-order valence-electron chi connectivity index (χ0n) is 10.7. The second kappa shape index (κ2) is 4.94. The van der Waals surface area contributed by atoms with E-state index < -0.39 is 23.5 Å². The van der Waals surface area contributed by atoms with E-state index in [9.17, 15) is 13.2 Å². The molecule has 0 amide bonds. The summed E-state index contributed by atoms with van der Waals surface area (Å²) in [5.74, 6) is -3.56. The van der Waals surface area contributed by atoms with Crippen LogP contribution in [0.5, 0.6) is 0 Å². The third kappa shape index (κ3) is 2.10. The summed E-state index contributed by atoms with van der Waals surface area (Å²) < 4.78 is 39.8. The molecule has 1 aliphatic carbocycles. The van der Waals surface area contributed by atoms with Gasteiger partial charge in [-0.3, -0.25) is 0 Å². The molecule has 20 heavy (non-hydrogen) atoms. The van der Waals surface area contributed by atoms with Crippen molar-refractivity contribution in [1.29, 1.82) is 0 Å². The zero-order valence-corrected chi connectivity index (χ0v) is 10.7. The smallest absolute Gasteiger partial charge is 0.194 e. The van der Waals surface area contributed by atoms with Crippen molar-refractivity contribution in [3.05, 3.63) is 70.5 Å². The van der Waals surface area contributed by atoms with Crippen molar-refractivity contribution in [3.63, 3.8) is 0 Å². The Hall–Kier alpha value is -1.81. The Morgan fingerprint density at radius 2 is 1.80 bits per heavy atom. The second-order valence-corrected chi connectivity index (χ2v) is 5.21. The first-order valence-electron chi connectivity index (χ1n) is 6.54. The van der Waals surface area contributed by atoms with Gasteiger partial charge in [-0.15, -0.1) is 0 Å². The van der Waals surface area contributed by atoms with Gasteiger partial charge in [-0.25, -0.2) is 13.2 Å². The van der Waals surface area contributed by atoms with Crippen LogP contribution in [-0.2, 0) is 6.42 Å². The fourth-order valence-electron chi connectivity index (χ4n) is 2.83. The Kier molecular flexibility index (Phi) is 3.26. The molecular weight excluding hydrogens is 263 g/mol. The van der Waals surface area contributed by atoms with Crippen molar-refractivity contribution in [2.75, 3.05) is 0 Å². The van der Waals surface area contributed by atoms with Crippen LogP contribution in [0.2, 0.25) is 0 Å². The van der Waals surface area contributed by atoms with Crippen LogP contribution in [0.3, 0.4) is 0 Å². The minimum absolute atomic E-state index is 0.0354. The zero-order chi connectivity index (χ0) is 14.3. The van der Waals surface area contributed by atoms with Gasteiger partial charge in [-0.2, -0.15) is 0 Å². The van der Waals surface area contributed by atoms with Gasteiger partial charge >= 0.3 is 0 Å². The van der Waals surface area contributed by atoms with E-state index in [1.54, 1.807) is 0 Å². The molecule has 1 aliphatic rings. The lowest BCUT2D eigenvalue weighted by atomic mass is 9.74. The molecule has 0 saturated carbocycles. The molecule has 0 aromatic heterocycles. The molecule has 104 valence electrons. The van der Waals surface area contributed by atoms with Crippen LogP contribution in [0.15, 0.2) is 36.4 Å². The van der Waals surface area contributed by atoms with Gasteiger partial charge in [-0.05, 0) is 36.0 Å².